The van der Waals surface area contributed by atoms with Gasteiger partial charge in [-0.15, -0.1) is 0 Å². The van der Waals surface area contributed by atoms with E-state index in [0.29, 0.717) is 11.6 Å². The van der Waals surface area contributed by atoms with E-state index < -0.39 is 0 Å². The zero-order valence-electron chi connectivity index (χ0n) is 15.8. The molecular weight excluding hydrogens is 342 g/mol. The lowest BCUT2D eigenvalue weighted by Gasteiger charge is -2.15. The molecule has 0 aliphatic carbocycles. The summed E-state index contributed by atoms with van der Waals surface area (Å²) in [5.41, 5.74) is 4.25. The Labute approximate surface area is 158 Å². The number of amides is 1. The van der Waals surface area contributed by atoms with Gasteiger partial charge in [-0.25, -0.2) is 0 Å². The molecule has 7 heteroatoms. The van der Waals surface area contributed by atoms with Gasteiger partial charge in [-0.05, 0) is 50.8 Å². The smallest absolute Gasteiger partial charge is 0.274 e. The number of hydrogen-bond acceptors (Lipinski definition) is 5. The highest BCUT2D eigenvalue weighted by Crippen LogP contribution is 2.27. The minimum absolute atomic E-state index is 0.00975. The van der Waals surface area contributed by atoms with Crippen molar-refractivity contribution in [2.45, 2.75) is 26.7 Å². The predicted octanol–water partition coefficient (Wildman–Crippen LogP) is 2.79. The minimum Gasteiger partial charge on any atom is -0.361 e. The molecule has 0 bridgehead atoms. The summed E-state index contributed by atoms with van der Waals surface area (Å²) in [6.07, 6.45) is 3.63. The van der Waals surface area contributed by atoms with Crippen molar-refractivity contribution in [3.8, 4) is 11.3 Å². The summed E-state index contributed by atoms with van der Waals surface area (Å²) in [5, 5.41) is 8.24. The molecule has 1 fully saturated rings. The Bertz CT molecular complexity index is 955. The van der Waals surface area contributed by atoms with E-state index in [9.17, 15) is 4.79 Å². The summed E-state index contributed by atoms with van der Waals surface area (Å²) in [6.45, 7) is 5.34. The second-order valence-corrected chi connectivity index (χ2v) is 7.20. The van der Waals surface area contributed by atoms with Crippen LogP contribution in [-0.4, -0.2) is 43.8 Å². The van der Waals surface area contributed by atoms with Crippen molar-refractivity contribution in [1.82, 2.24) is 24.8 Å². The molecule has 1 amide bonds. The van der Waals surface area contributed by atoms with Gasteiger partial charge in [0.2, 0.25) is 0 Å². The van der Waals surface area contributed by atoms with Crippen LogP contribution >= 0.6 is 0 Å². The Hall–Kier alpha value is -2.96. The van der Waals surface area contributed by atoms with E-state index in [4.69, 9.17) is 9.51 Å². The topological polar surface area (TPSA) is 77.0 Å². The minimum atomic E-state index is 0.00975. The SMILES string of the molecule is Cc1noc(C)c1-c1cccc(C[C@H]2CCN(C(=O)c3ccn(C)n3)C2)n1. The molecule has 3 aromatic heterocycles. The molecular formula is C20H23N5O2. The number of pyridine rings is 1. The largest absolute Gasteiger partial charge is 0.361 e. The fourth-order valence-electron chi connectivity index (χ4n) is 3.75. The van der Waals surface area contributed by atoms with E-state index >= 15 is 0 Å². The first kappa shape index (κ1) is 17.5. The molecule has 1 aliphatic heterocycles. The van der Waals surface area contributed by atoms with E-state index in [1.54, 1.807) is 16.9 Å². The van der Waals surface area contributed by atoms with Gasteiger partial charge in [0.1, 0.15) is 11.5 Å². The first-order chi connectivity index (χ1) is 13.0. The van der Waals surface area contributed by atoms with Gasteiger partial charge >= 0.3 is 0 Å². The van der Waals surface area contributed by atoms with Crippen molar-refractivity contribution < 1.29 is 9.32 Å². The summed E-state index contributed by atoms with van der Waals surface area (Å²) in [6, 6.07) is 7.83. The number of carbonyl (C=O) groups is 1. The Morgan fingerprint density at radius 1 is 1.30 bits per heavy atom. The van der Waals surface area contributed by atoms with Crippen LogP contribution in [0.15, 0.2) is 35.0 Å². The Morgan fingerprint density at radius 3 is 2.85 bits per heavy atom. The first-order valence-electron chi connectivity index (χ1n) is 9.19. The molecule has 1 atom stereocenters. The second-order valence-electron chi connectivity index (χ2n) is 7.20. The molecule has 1 saturated heterocycles. The molecule has 0 N–H and O–H groups in total. The lowest BCUT2D eigenvalue weighted by molar-refractivity contribution is 0.0780. The van der Waals surface area contributed by atoms with Crippen molar-refractivity contribution in [2.75, 3.05) is 13.1 Å². The maximum atomic E-state index is 12.6. The number of hydrogen-bond donors (Lipinski definition) is 0. The van der Waals surface area contributed by atoms with Gasteiger partial charge in [-0.3, -0.25) is 14.5 Å². The van der Waals surface area contributed by atoms with Crippen molar-refractivity contribution in [1.29, 1.82) is 0 Å². The zero-order valence-corrected chi connectivity index (χ0v) is 15.8. The summed E-state index contributed by atoms with van der Waals surface area (Å²) in [5.74, 6) is 1.20. The van der Waals surface area contributed by atoms with Crippen LogP contribution < -0.4 is 0 Å². The summed E-state index contributed by atoms with van der Waals surface area (Å²) in [4.78, 5) is 19.3. The maximum Gasteiger partial charge on any atom is 0.274 e. The molecule has 0 aromatic carbocycles. The fourth-order valence-corrected chi connectivity index (χ4v) is 3.75. The number of aryl methyl sites for hydroxylation is 3. The molecule has 1 aliphatic rings. The molecule has 27 heavy (non-hydrogen) atoms. The molecule has 4 rings (SSSR count). The molecule has 140 valence electrons. The van der Waals surface area contributed by atoms with Crippen molar-refractivity contribution in [3.63, 3.8) is 0 Å². The van der Waals surface area contributed by atoms with Crippen LogP contribution in [0.25, 0.3) is 11.3 Å². The van der Waals surface area contributed by atoms with Crippen molar-refractivity contribution >= 4 is 5.91 Å². The molecule has 7 nitrogen and oxygen atoms in total. The predicted molar refractivity (Wildman–Crippen MR) is 100 cm³/mol. The lowest BCUT2D eigenvalue weighted by Crippen LogP contribution is -2.29. The van der Waals surface area contributed by atoms with Crippen molar-refractivity contribution in [3.05, 3.63) is 53.3 Å². The Morgan fingerprint density at radius 2 is 2.15 bits per heavy atom. The summed E-state index contributed by atoms with van der Waals surface area (Å²) in [7, 11) is 1.82. The molecule has 0 saturated carbocycles. The van der Waals surface area contributed by atoms with Gasteiger partial charge in [0.25, 0.3) is 5.91 Å². The van der Waals surface area contributed by atoms with Crippen molar-refractivity contribution in [2.24, 2.45) is 13.0 Å². The van der Waals surface area contributed by atoms with Crippen LogP contribution in [0.2, 0.25) is 0 Å². The summed E-state index contributed by atoms with van der Waals surface area (Å²) >= 11 is 0. The number of likely N-dealkylation sites (tertiary alicyclic amines) is 1. The second kappa shape index (κ2) is 6.98. The highest BCUT2D eigenvalue weighted by Gasteiger charge is 2.28. The van der Waals surface area contributed by atoms with Crippen LogP contribution in [0.1, 0.15) is 34.1 Å². The standard InChI is InChI=1S/C20H23N5O2/c1-13-19(14(2)27-23-13)17-6-4-5-16(21-17)11-15-7-10-25(12-15)20(26)18-8-9-24(3)22-18/h4-6,8-9,15H,7,10-12H2,1-3H3/t15-/m1/s1. The van der Waals surface area contributed by atoms with Crippen LogP contribution in [0.4, 0.5) is 0 Å². The first-order valence-corrected chi connectivity index (χ1v) is 9.19. The van der Waals surface area contributed by atoms with Gasteiger partial charge in [0.15, 0.2) is 0 Å². The zero-order chi connectivity index (χ0) is 19.0. The lowest BCUT2D eigenvalue weighted by atomic mass is 10.0. The van der Waals surface area contributed by atoms with E-state index in [1.807, 2.05) is 44.0 Å². The normalized spacial score (nSPS) is 16.9. The number of aromatic nitrogens is 4. The number of nitrogens with zero attached hydrogens (tertiary/aromatic N) is 5. The van der Waals surface area contributed by atoms with Gasteiger partial charge < -0.3 is 9.42 Å². The average molecular weight is 365 g/mol. The van der Waals surface area contributed by atoms with Crippen LogP contribution in [-0.2, 0) is 13.5 Å². The fraction of sp³-hybridized carbons (Fsp3) is 0.400. The van der Waals surface area contributed by atoms with Crippen LogP contribution in [0.5, 0.6) is 0 Å². The van der Waals surface area contributed by atoms with Crippen LogP contribution in [0, 0.1) is 19.8 Å². The molecule has 0 unspecified atom stereocenters. The molecule has 0 radical (unpaired) electrons. The van der Waals surface area contributed by atoms with Gasteiger partial charge in [0, 0.05) is 32.0 Å². The average Bonchev–Trinajstić information content (AvgIpc) is 3.36. The van der Waals surface area contributed by atoms with E-state index in [1.165, 1.54) is 0 Å². The highest BCUT2D eigenvalue weighted by atomic mass is 16.5. The quantitative estimate of drug-likeness (QED) is 0.710. The molecule has 0 spiro atoms. The molecule has 3 aromatic rings. The van der Waals surface area contributed by atoms with E-state index in [-0.39, 0.29) is 5.91 Å². The van der Waals surface area contributed by atoms with Crippen LogP contribution in [0.3, 0.4) is 0 Å². The van der Waals surface area contributed by atoms with Gasteiger partial charge in [-0.1, -0.05) is 11.2 Å². The third-order valence-electron chi connectivity index (χ3n) is 5.10. The van der Waals surface area contributed by atoms with E-state index in [0.717, 1.165) is 54.3 Å². The summed E-state index contributed by atoms with van der Waals surface area (Å²) < 4.78 is 6.92. The number of carbonyl (C=O) groups excluding carboxylic acids is 1. The Balaban J connectivity index is 1.45. The monoisotopic (exact) mass is 365 g/mol. The third kappa shape index (κ3) is 3.49. The Kier molecular flexibility index (Phi) is 4.51. The van der Waals surface area contributed by atoms with Gasteiger partial charge in [0.05, 0.1) is 17.0 Å². The maximum absolute atomic E-state index is 12.6. The number of rotatable bonds is 4. The molecule has 4 heterocycles. The van der Waals surface area contributed by atoms with E-state index in [2.05, 4.69) is 10.3 Å². The van der Waals surface area contributed by atoms with Gasteiger partial charge in [-0.2, -0.15) is 5.10 Å². The third-order valence-corrected chi connectivity index (χ3v) is 5.10. The highest BCUT2D eigenvalue weighted by molar-refractivity contribution is 5.92.